The van der Waals surface area contributed by atoms with Crippen molar-refractivity contribution in [2.24, 2.45) is 5.92 Å². The van der Waals surface area contributed by atoms with Crippen molar-refractivity contribution in [1.29, 1.82) is 0 Å². The van der Waals surface area contributed by atoms with Gasteiger partial charge in [-0.2, -0.15) is 9.40 Å². The van der Waals surface area contributed by atoms with Crippen molar-refractivity contribution in [3.05, 3.63) is 53.2 Å². The summed E-state index contributed by atoms with van der Waals surface area (Å²) in [5.41, 5.74) is 2.14. The fourth-order valence-corrected chi connectivity index (χ4v) is 7.09. The Morgan fingerprint density at radius 2 is 2.03 bits per heavy atom. The van der Waals surface area contributed by atoms with Crippen LogP contribution in [0.3, 0.4) is 0 Å². The van der Waals surface area contributed by atoms with Crippen LogP contribution in [0.25, 0.3) is 5.82 Å². The molecule has 1 atom stereocenters. The number of nitrogens with zero attached hydrogens (tertiary/aromatic N) is 3. The van der Waals surface area contributed by atoms with Crippen molar-refractivity contribution >= 4 is 46.6 Å². The summed E-state index contributed by atoms with van der Waals surface area (Å²) in [5, 5.41) is 12.6. The lowest BCUT2D eigenvalue weighted by molar-refractivity contribution is 0.271. The van der Waals surface area contributed by atoms with Gasteiger partial charge >= 0.3 is 0 Å². The van der Waals surface area contributed by atoms with Crippen molar-refractivity contribution in [2.45, 2.75) is 36.6 Å². The standard InChI is InChI=1S/C26H33BClN5O4S/c1-36-18-7-8-23(37-2)24(13-18)38(34,35)32-11-9-17(10-12-32)15-29-25-14-22(19-5-3-4-6-21(19)28)31-26-20(27)16-30-33(25)26/h3,5,7-8,13-14,16-17,22,29,31H,4,6,9-12,15,27H2,1-2H3. The molecule has 1 fully saturated rings. The highest BCUT2D eigenvalue weighted by molar-refractivity contribution is 7.89. The first-order chi connectivity index (χ1) is 18.3. The third kappa shape index (κ3) is 5.19. The minimum atomic E-state index is -3.71. The van der Waals surface area contributed by atoms with Gasteiger partial charge in [-0.25, -0.2) is 13.1 Å². The zero-order valence-corrected chi connectivity index (χ0v) is 23.5. The Hall–Kier alpha value is -2.89. The Morgan fingerprint density at radius 1 is 1.24 bits per heavy atom. The molecule has 9 nitrogen and oxygen atoms in total. The Morgan fingerprint density at radius 3 is 2.74 bits per heavy atom. The first-order valence-electron chi connectivity index (χ1n) is 12.9. The number of allylic oxidation sites excluding steroid dienone is 2. The smallest absolute Gasteiger partial charge is 0.246 e. The topological polar surface area (TPSA) is 97.7 Å². The van der Waals surface area contributed by atoms with E-state index in [2.05, 4.69) is 34.0 Å². The van der Waals surface area contributed by atoms with Crippen LogP contribution >= 0.6 is 11.6 Å². The average molecular weight is 558 g/mol. The minimum absolute atomic E-state index is 0.0470. The van der Waals surface area contributed by atoms with E-state index in [9.17, 15) is 8.42 Å². The molecule has 3 heterocycles. The Bertz CT molecular complexity index is 1400. The maximum Gasteiger partial charge on any atom is 0.246 e. The van der Waals surface area contributed by atoms with Gasteiger partial charge in [-0.1, -0.05) is 23.8 Å². The van der Waals surface area contributed by atoms with Crippen molar-refractivity contribution in [2.75, 3.05) is 39.2 Å². The molecule has 1 aliphatic carbocycles. The van der Waals surface area contributed by atoms with Crippen molar-refractivity contribution in [3.8, 4) is 11.5 Å². The number of hydrogen-bond acceptors (Lipinski definition) is 7. The van der Waals surface area contributed by atoms with Gasteiger partial charge in [0.2, 0.25) is 10.0 Å². The number of rotatable bonds is 8. The molecule has 3 aliphatic rings. The van der Waals surface area contributed by atoms with Gasteiger partial charge in [0.05, 0.1) is 20.3 Å². The molecule has 0 radical (unpaired) electrons. The highest BCUT2D eigenvalue weighted by Gasteiger charge is 2.32. The molecule has 1 saturated heterocycles. The summed E-state index contributed by atoms with van der Waals surface area (Å²) in [7, 11) is 1.31. The van der Waals surface area contributed by atoms with E-state index in [1.807, 2.05) is 18.7 Å². The quantitative estimate of drug-likeness (QED) is 0.481. The van der Waals surface area contributed by atoms with Crippen LogP contribution in [0.4, 0.5) is 5.82 Å². The molecule has 1 aromatic heterocycles. The molecule has 2 aromatic rings. The summed E-state index contributed by atoms with van der Waals surface area (Å²) < 4.78 is 40.9. The SMILES string of the molecule is Bc1cnn2c1NC(C1=C(Cl)CCC=C1)C=C2NCC1CCN(S(=O)(=O)c2cc(OC)ccc2OC)CC1. The summed E-state index contributed by atoms with van der Waals surface area (Å²) in [6, 6.07) is 4.79. The number of nitrogens with one attached hydrogen (secondary N) is 2. The molecule has 0 bridgehead atoms. The molecule has 0 saturated carbocycles. The van der Waals surface area contributed by atoms with Crippen LogP contribution in [0, 0.1) is 5.92 Å². The van der Waals surface area contributed by atoms with Gasteiger partial charge in [0, 0.05) is 36.9 Å². The Balaban J connectivity index is 1.26. The maximum absolute atomic E-state index is 13.4. The molecule has 38 heavy (non-hydrogen) atoms. The van der Waals surface area contributed by atoms with Crippen LogP contribution in [-0.2, 0) is 10.0 Å². The maximum atomic E-state index is 13.4. The normalized spacial score (nSPS) is 20.5. The molecule has 202 valence electrons. The number of aromatic nitrogens is 2. The first-order valence-corrected chi connectivity index (χ1v) is 14.7. The van der Waals surface area contributed by atoms with E-state index in [1.165, 1.54) is 20.3 Å². The number of piperidine rings is 1. The van der Waals surface area contributed by atoms with Gasteiger partial charge in [-0.15, -0.1) is 0 Å². The van der Waals surface area contributed by atoms with Gasteiger partial charge < -0.3 is 20.1 Å². The lowest BCUT2D eigenvalue weighted by atomic mass is 9.95. The lowest BCUT2D eigenvalue weighted by Crippen LogP contribution is -2.41. The third-order valence-corrected chi connectivity index (χ3v) is 9.73. The third-order valence-electron chi connectivity index (χ3n) is 7.41. The molecule has 0 spiro atoms. The number of fused-ring (bicyclic) bond motifs is 1. The van der Waals surface area contributed by atoms with E-state index < -0.39 is 10.0 Å². The van der Waals surface area contributed by atoms with Gasteiger partial charge in [0.1, 0.15) is 35.9 Å². The molecular weight excluding hydrogens is 525 g/mol. The van der Waals surface area contributed by atoms with Crippen LogP contribution in [0.2, 0.25) is 0 Å². The van der Waals surface area contributed by atoms with Crippen LogP contribution in [-0.4, -0.2) is 70.2 Å². The molecule has 0 amide bonds. The van der Waals surface area contributed by atoms with Crippen LogP contribution in [0.15, 0.2) is 58.1 Å². The van der Waals surface area contributed by atoms with Gasteiger partial charge in [0.25, 0.3) is 0 Å². The van der Waals surface area contributed by atoms with Crippen molar-refractivity contribution in [1.82, 2.24) is 19.4 Å². The second-order valence-corrected chi connectivity index (χ2v) is 12.2. The monoisotopic (exact) mass is 557 g/mol. The predicted molar refractivity (Wildman–Crippen MR) is 152 cm³/mol. The highest BCUT2D eigenvalue weighted by atomic mass is 35.5. The van der Waals surface area contributed by atoms with E-state index in [0.29, 0.717) is 30.5 Å². The zero-order chi connectivity index (χ0) is 26.9. The number of sulfonamides is 1. The summed E-state index contributed by atoms with van der Waals surface area (Å²) in [4.78, 5) is 0.133. The molecule has 12 heteroatoms. The van der Waals surface area contributed by atoms with E-state index in [-0.39, 0.29) is 10.9 Å². The number of hydrogen-bond donors (Lipinski definition) is 2. The van der Waals surface area contributed by atoms with Crippen LogP contribution in [0.1, 0.15) is 25.7 Å². The van der Waals surface area contributed by atoms with Gasteiger partial charge in [0.15, 0.2) is 0 Å². The lowest BCUT2D eigenvalue weighted by Gasteiger charge is -2.33. The first kappa shape index (κ1) is 26.7. The van der Waals surface area contributed by atoms with Crippen molar-refractivity contribution < 1.29 is 17.9 Å². The van der Waals surface area contributed by atoms with Crippen LogP contribution < -0.4 is 25.6 Å². The molecule has 5 rings (SSSR count). The van der Waals surface area contributed by atoms with Crippen molar-refractivity contribution in [3.63, 3.8) is 0 Å². The highest BCUT2D eigenvalue weighted by Crippen LogP contribution is 2.33. The second kappa shape index (κ2) is 11.1. The number of halogens is 1. The number of methoxy groups -OCH3 is 2. The molecule has 2 aliphatic heterocycles. The predicted octanol–water partition coefficient (Wildman–Crippen LogP) is 2.28. The fraction of sp³-hybridized carbons (Fsp3) is 0.423. The second-order valence-electron chi connectivity index (χ2n) is 9.81. The van der Waals surface area contributed by atoms with E-state index in [1.54, 1.807) is 16.4 Å². The summed E-state index contributed by atoms with van der Waals surface area (Å²) in [5.74, 6) is 2.97. The molecule has 2 N–H and O–H groups in total. The van der Waals surface area contributed by atoms with E-state index in [4.69, 9.17) is 21.1 Å². The average Bonchev–Trinajstić information content (AvgIpc) is 3.32. The minimum Gasteiger partial charge on any atom is -0.497 e. The fourth-order valence-electron chi connectivity index (χ4n) is 5.16. The molecule has 1 unspecified atom stereocenters. The largest absolute Gasteiger partial charge is 0.497 e. The number of benzene rings is 1. The molecule has 1 aromatic carbocycles. The van der Waals surface area contributed by atoms with Crippen LogP contribution in [0.5, 0.6) is 11.5 Å². The number of anilines is 1. The Kier molecular flexibility index (Phi) is 7.79. The summed E-state index contributed by atoms with van der Waals surface area (Å²) in [6.45, 7) is 1.60. The zero-order valence-electron chi connectivity index (χ0n) is 21.9. The summed E-state index contributed by atoms with van der Waals surface area (Å²) in [6.07, 6.45) is 11.5. The summed E-state index contributed by atoms with van der Waals surface area (Å²) >= 11 is 6.58. The van der Waals surface area contributed by atoms with Gasteiger partial charge in [-0.05, 0) is 60.8 Å². The van der Waals surface area contributed by atoms with E-state index in [0.717, 1.165) is 59.9 Å². The molecular formula is C26H33BClN5O4S. The number of ether oxygens (including phenoxy) is 2. The Labute approximate surface area is 230 Å². The van der Waals surface area contributed by atoms with E-state index >= 15 is 0 Å². The van der Waals surface area contributed by atoms with Gasteiger partial charge in [-0.3, -0.25) is 0 Å².